The summed E-state index contributed by atoms with van der Waals surface area (Å²) in [5.74, 6) is 1.06. The predicted octanol–water partition coefficient (Wildman–Crippen LogP) is 3.38. The first kappa shape index (κ1) is 12.2. The van der Waals surface area contributed by atoms with Crippen LogP contribution in [0.1, 0.15) is 17.4 Å². The zero-order valence-electron chi connectivity index (χ0n) is 10.9. The molecule has 0 bridgehead atoms. The Morgan fingerprint density at radius 3 is 2.76 bits per heavy atom. The number of fused-ring (bicyclic) bond motifs is 2. The minimum Gasteiger partial charge on any atom is -0.455 e. The van der Waals surface area contributed by atoms with Crippen LogP contribution >= 0.6 is 0 Å². The van der Waals surface area contributed by atoms with Crippen molar-refractivity contribution in [2.45, 2.75) is 6.10 Å². The Morgan fingerprint density at radius 2 is 1.90 bits per heavy atom. The van der Waals surface area contributed by atoms with Crippen LogP contribution < -0.4 is 9.47 Å². The van der Waals surface area contributed by atoms with E-state index in [9.17, 15) is 9.50 Å². The van der Waals surface area contributed by atoms with E-state index in [2.05, 4.69) is 0 Å². The molecule has 1 aliphatic rings. The zero-order valence-corrected chi connectivity index (χ0v) is 10.9. The standard InChI is InChI=1S/C16H11FO4/c17-11-3-1-2-10-7-14(21-16(10)11)15(18)9-4-5-12-13(6-9)20-8-19-12/h1-7,15,18H,8H2. The number of furan rings is 1. The first-order valence-electron chi connectivity index (χ1n) is 6.48. The SMILES string of the molecule is OC(c1ccc2c(c1)OCO2)c1cc2cccc(F)c2o1. The van der Waals surface area contributed by atoms with Crippen molar-refractivity contribution in [3.8, 4) is 11.5 Å². The highest BCUT2D eigenvalue weighted by atomic mass is 19.1. The number of benzene rings is 2. The van der Waals surface area contributed by atoms with Gasteiger partial charge >= 0.3 is 0 Å². The summed E-state index contributed by atoms with van der Waals surface area (Å²) in [6.07, 6.45) is -0.994. The third kappa shape index (κ3) is 1.94. The smallest absolute Gasteiger partial charge is 0.231 e. The summed E-state index contributed by atoms with van der Waals surface area (Å²) in [5, 5.41) is 11.0. The van der Waals surface area contributed by atoms with Gasteiger partial charge in [-0.25, -0.2) is 4.39 Å². The van der Waals surface area contributed by atoms with Crippen molar-refractivity contribution >= 4 is 11.0 Å². The fraction of sp³-hybridized carbons (Fsp3) is 0.125. The molecule has 2 aromatic carbocycles. The van der Waals surface area contributed by atoms with Crippen molar-refractivity contribution in [2.75, 3.05) is 6.79 Å². The van der Waals surface area contributed by atoms with Crippen molar-refractivity contribution in [2.24, 2.45) is 0 Å². The van der Waals surface area contributed by atoms with Gasteiger partial charge in [-0.1, -0.05) is 18.2 Å². The lowest BCUT2D eigenvalue weighted by molar-refractivity contribution is 0.173. The first-order valence-corrected chi connectivity index (χ1v) is 6.48. The van der Waals surface area contributed by atoms with Gasteiger partial charge in [0.15, 0.2) is 22.9 Å². The van der Waals surface area contributed by atoms with E-state index in [4.69, 9.17) is 13.9 Å². The van der Waals surface area contributed by atoms with E-state index in [0.717, 1.165) is 0 Å². The van der Waals surface area contributed by atoms with Crippen LogP contribution in [0.25, 0.3) is 11.0 Å². The molecule has 4 nitrogen and oxygen atoms in total. The molecule has 0 fully saturated rings. The summed E-state index contributed by atoms with van der Waals surface area (Å²) in [7, 11) is 0. The lowest BCUT2D eigenvalue weighted by Gasteiger charge is -2.08. The van der Waals surface area contributed by atoms with Crippen molar-refractivity contribution in [1.29, 1.82) is 0 Å². The normalized spacial score (nSPS) is 14.6. The zero-order chi connectivity index (χ0) is 14.4. The number of rotatable bonds is 2. The third-order valence-electron chi connectivity index (χ3n) is 3.50. The number of hydrogen-bond acceptors (Lipinski definition) is 4. The molecule has 1 aromatic heterocycles. The van der Waals surface area contributed by atoms with Crippen LogP contribution in [0.5, 0.6) is 11.5 Å². The molecular weight excluding hydrogens is 275 g/mol. The van der Waals surface area contributed by atoms with E-state index in [0.29, 0.717) is 22.4 Å². The lowest BCUT2D eigenvalue weighted by atomic mass is 10.1. The second-order valence-corrected chi connectivity index (χ2v) is 4.82. The Kier molecular flexibility index (Phi) is 2.62. The molecule has 0 aliphatic carbocycles. The van der Waals surface area contributed by atoms with Crippen LogP contribution in [0, 0.1) is 5.82 Å². The monoisotopic (exact) mass is 286 g/mol. The number of hydrogen-bond donors (Lipinski definition) is 1. The van der Waals surface area contributed by atoms with Crippen LogP contribution in [0.3, 0.4) is 0 Å². The van der Waals surface area contributed by atoms with Crippen LogP contribution in [0.15, 0.2) is 46.9 Å². The molecule has 3 aromatic rings. The molecule has 0 saturated carbocycles. The first-order chi connectivity index (χ1) is 10.2. The average molecular weight is 286 g/mol. The van der Waals surface area contributed by atoms with E-state index < -0.39 is 11.9 Å². The van der Waals surface area contributed by atoms with Crippen LogP contribution in [0.4, 0.5) is 4.39 Å². The molecule has 0 amide bonds. The highest BCUT2D eigenvalue weighted by Crippen LogP contribution is 2.36. The predicted molar refractivity (Wildman–Crippen MR) is 72.8 cm³/mol. The Balaban J connectivity index is 1.75. The van der Waals surface area contributed by atoms with Gasteiger partial charge in [-0.3, -0.25) is 0 Å². The minimum absolute atomic E-state index is 0.146. The lowest BCUT2D eigenvalue weighted by Crippen LogP contribution is -1.97. The van der Waals surface area contributed by atoms with Gasteiger partial charge in [0, 0.05) is 5.39 Å². The number of para-hydroxylation sites is 1. The molecule has 1 atom stereocenters. The Bertz CT molecular complexity index is 824. The highest BCUT2D eigenvalue weighted by molar-refractivity contribution is 5.78. The summed E-state index contributed by atoms with van der Waals surface area (Å²) in [6.45, 7) is 0.171. The van der Waals surface area contributed by atoms with Crippen molar-refractivity contribution < 1.29 is 23.4 Å². The molecular formula is C16H11FO4. The molecule has 5 heteroatoms. The molecule has 1 unspecified atom stereocenters. The van der Waals surface area contributed by atoms with Gasteiger partial charge in [0.1, 0.15) is 11.9 Å². The van der Waals surface area contributed by atoms with Crippen LogP contribution in [-0.2, 0) is 0 Å². The number of aliphatic hydroxyl groups is 1. The summed E-state index contributed by atoms with van der Waals surface area (Å²) in [6, 6.07) is 11.4. The summed E-state index contributed by atoms with van der Waals surface area (Å²) in [4.78, 5) is 0. The highest BCUT2D eigenvalue weighted by Gasteiger charge is 2.20. The fourth-order valence-electron chi connectivity index (χ4n) is 2.43. The van der Waals surface area contributed by atoms with Gasteiger partial charge in [0.2, 0.25) is 6.79 Å². The van der Waals surface area contributed by atoms with Gasteiger partial charge in [0.05, 0.1) is 0 Å². The molecule has 2 heterocycles. The Hall–Kier alpha value is -2.53. The van der Waals surface area contributed by atoms with Gasteiger partial charge in [0.25, 0.3) is 0 Å². The molecule has 21 heavy (non-hydrogen) atoms. The van der Waals surface area contributed by atoms with Gasteiger partial charge in [-0.15, -0.1) is 0 Å². The van der Waals surface area contributed by atoms with E-state index in [1.54, 1.807) is 36.4 Å². The second-order valence-electron chi connectivity index (χ2n) is 4.82. The number of ether oxygens (including phenoxy) is 2. The fourth-order valence-corrected chi connectivity index (χ4v) is 2.43. The van der Waals surface area contributed by atoms with E-state index in [1.165, 1.54) is 6.07 Å². The van der Waals surface area contributed by atoms with E-state index >= 15 is 0 Å². The van der Waals surface area contributed by atoms with E-state index in [1.807, 2.05) is 0 Å². The number of halogens is 1. The summed E-state index contributed by atoms with van der Waals surface area (Å²) in [5.41, 5.74) is 0.742. The van der Waals surface area contributed by atoms with Crippen molar-refractivity contribution in [3.63, 3.8) is 0 Å². The third-order valence-corrected chi connectivity index (χ3v) is 3.50. The molecule has 106 valence electrons. The van der Waals surface area contributed by atoms with Gasteiger partial charge < -0.3 is 19.0 Å². The average Bonchev–Trinajstić information content (AvgIpc) is 3.12. The van der Waals surface area contributed by atoms with Gasteiger partial charge in [-0.2, -0.15) is 0 Å². The minimum atomic E-state index is -0.994. The van der Waals surface area contributed by atoms with Crippen molar-refractivity contribution in [1.82, 2.24) is 0 Å². The molecule has 0 radical (unpaired) electrons. The summed E-state index contributed by atoms with van der Waals surface area (Å²) >= 11 is 0. The quantitative estimate of drug-likeness (QED) is 0.784. The maximum Gasteiger partial charge on any atom is 0.231 e. The Labute approximate surface area is 119 Å². The Morgan fingerprint density at radius 1 is 1.05 bits per heavy atom. The molecule has 0 spiro atoms. The van der Waals surface area contributed by atoms with Crippen LogP contribution in [0.2, 0.25) is 0 Å². The maximum atomic E-state index is 13.6. The van der Waals surface area contributed by atoms with E-state index in [-0.39, 0.29) is 18.1 Å². The molecule has 4 rings (SSSR count). The topological polar surface area (TPSA) is 51.8 Å². The van der Waals surface area contributed by atoms with Crippen molar-refractivity contribution in [3.05, 3.63) is 59.6 Å². The molecule has 1 aliphatic heterocycles. The molecule has 1 N–H and O–H groups in total. The largest absolute Gasteiger partial charge is 0.455 e. The maximum absolute atomic E-state index is 13.6. The number of aliphatic hydroxyl groups excluding tert-OH is 1. The van der Waals surface area contributed by atoms with Gasteiger partial charge in [-0.05, 0) is 29.8 Å². The summed E-state index contributed by atoms with van der Waals surface area (Å²) < 4.78 is 29.6. The molecule has 0 saturated heterocycles. The van der Waals surface area contributed by atoms with Crippen LogP contribution in [-0.4, -0.2) is 11.9 Å². The second kappa shape index (κ2) is 4.49.